The van der Waals surface area contributed by atoms with Crippen LogP contribution < -0.4 is 10.1 Å². The van der Waals surface area contributed by atoms with Crippen molar-refractivity contribution in [2.24, 2.45) is 0 Å². The lowest BCUT2D eigenvalue weighted by atomic mass is 10.2. The SMILES string of the molecule is COc1ccccc1C(=O)Nc1ncccc1-c1nc2ccc(C)cc2o1. The Labute approximate surface area is 155 Å². The fourth-order valence-electron chi connectivity index (χ4n) is 2.83. The fourth-order valence-corrected chi connectivity index (χ4v) is 2.83. The quantitative estimate of drug-likeness (QED) is 0.582. The number of ether oxygens (including phenoxy) is 1. The molecule has 0 aliphatic heterocycles. The molecule has 0 atom stereocenters. The van der Waals surface area contributed by atoms with Crippen LogP contribution in [0.5, 0.6) is 5.75 Å². The van der Waals surface area contributed by atoms with Crippen LogP contribution >= 0.6 is 0 Å². The molecule has 1 amide bonds. The van der Waals surface area contributed by atoms with Gasteiger partial charge in [-0.25, -0.2) is 9.97 Å². The third-order valence-electron chi connectivity index (χ3n) is 4.17. The first-order chi connectivity index (χ1) is 13.2. The largest absolute Gasteiger partial charge is 0.496 e. The molecule has 0 radical (unpaired) electrons. The number of pyridine rings is 1. The maximum Gasteiger partial charge on any atom is 0.260 e. The Morgan fingerprint density at radius 2 is 1.96 bits per heavy atom. The highest BCUT2D eigenvalue weighted by Crippen LogP contribution is 2.30. The molecule has 6 nitrogen and oxygen atoms in total. The first kappa shape index (κ1) is 16.8. The maximum atomic E-state index is 12.7. The topological polar surface area (TPSA) is 77.2 Å². The summed E-state index contributed by atoms with van der Waals surface area (Å²) in [5.41, 5.74) is 3.55. The lowest BCUT2D eigenvalue weighted by molar-refractivity contribution is 0.102. The van der Waals surface area contributed by atoms with E-state index in [1.807, 2.05) is 37.3 Å². The zero-order valence-corrected chi connectivity index (χ0v) is 14.9. The van der Waals surface area contributed by atoms with Crippen LogP contribution in [-0.2, 0) is 0 Å². The fraction of sp³-hybridized carbons (Fsp3) is 0.0952. The van der Waals surface area contributed by atoms with Gasteiger partial charge in [-0.15, -0.1) is 0 Å². The molecule has 6 heteroatoms. The molecular formula is C21H17N3O3. The van der Waals surface area contributed by atoms with Gasteiger partial charge in [-0.3, -0.25) is 4.79 Å². The highest BCUT2D eigenvalue weighted by atomic mass is 16.5. The number of carbonyl (C=O) groups excluding carboxylic acids is 1. The van der Waals surface area contributed by atoms with Gasteiger partial charge in [0.05, 0.1) is 18.2 Å². The summed E-state index contributed by atoms with van der Waals surface area (Å²) in [6.45, 7) is 1.99. The van der Waals surface area contributed by atoms with Crippen molar-refractivity contribution < 1.29 is 13.9 Å². The zero-order valence-electron chi connectivity index (χ0n) is 14.9. The average molecular weight is 359 g/mol. The first-order valence-corrected chi connectivity index (χ1v) is 8.42. The van der Waals surface area contributed by atoms with E-state index in [9.17, 15) is 4.79 Å². The molecule has 0 fully saturated rings. The van der Waals surface area contributed by atoms with Crippen molar-refractivity contribution in [2.75, 3.05) is 12.4 Å². The van der Waals surface area contributed by atoms with Crippen molar-refractivity contribution in [3.05, 3.63) is 71.9 Å². The monoisotopic (exact) mass is 359 g/mol. The number of nitrogens with zero attached hydrogens (tertiary/aromatic N) is 2. The van der Waals surface area contributed by atoms with E-state index in [1.165, 1.54) is 7.11 Å². The minimum Gasteiger partial charge on any atom is -0.496 e. The van der Waals surface area contributed by atoms with Crippen LogP contribution in [0.2, 0.25) is 0 Å². The van der Waals surface area contributed by atoms with Gasteiger partial charge in [0, 0.05) is 6.20 Å². The Morgan fingerprint density at radius 1 is 1.11 bits per heavy atom. The molecule has 134 valence electrons. The number of hydrogen-bond acceptors (Lipinski definition) is 5. The van der Waals surface area contributed by atoms with Crippen LogP contribution in [0.25, 0.3) is 22.6 Å². The zero-order chi connectivity index (χ0) is 18.8. The molecule has 4 aromatic rings. The van der Waals surface area contributed by atoms with Crippen molar-refractivity contribution in [3.63, 3.8) is 0 Å². The van der Waals surface area contributed by atoms with Gasteiger partial charge in [0.15, 0.2) is 5.58 Å². The Bertz CT molecular complexity index is 1130. The Kier molecular flexibility index (Phi) is 4.30. The number of oxazole rings is 1. The smallest absolute Gasteiger partial charge is 0.260 e. The minimum atomic E-state index is -0.320. The van der Waals surface area contributed by atoms with Gasteiger partial charge < -0.3 is 14.5 Å². The summed E-state index contributed by atoms with van der Waals surface area (Å²) in [6, 6.07) is 16.4. The molecular weight excluding hydrogens is 342 g/mol. The van der Waals surface area contributed by atoms with Gasteiger partial charge in [-0.1, -0.05) is 18.2 Å². The number of carbonyl (C=O) groups is 1. The van der Waals surface area contributed by atoms with E-state index in [0.29, 0.717) is 34.2 Å². The number of aromatic nitrogens is 2. The second kappa shape index (κ2) is 6.92. The normalized spacial score (nSPS) is 10.7. The molecule has 0 bridgehead atoms. The van der Waals surface area contributed by atoms with E-state index in [1.54, 1.807) is 30.5 Å². The van der Waals surface area contributed by atoms with E-state index in [-0.39, 0.29) is 5.91 Å². The Morgan fingerprint density at radius 3 is 2.81 bits per heavy atom. The molecule has 0 unspecified atom stereocenters. The number of anilines is 1. The van der Waals surface area contributed by atoms with Crippen LogP contribution in [0, 0.1) is 6.92 Å². The van der Waals surface area contributed by atoms with Gasteiger partial charge in [0.2, 0.25) is 5.89 Å². The number of methoxy groups -OCH3 is 1. The molecule has 0 spiro atoms. The Balaban J connectivity index is 1.71. The number of amides is 1. The van der Waals surface area contributed by atoms with Gasteiger partial charge in [0.1, 0.15) is 17.1 Å². The number of fused-ring (bicyclic) bond motifs is 1. The average Bonchev–Trinajstić information content (AvgIpc) is 3.11. The van der Waals surface area contributed by atoms with Crippen LogP contribution in [-0.4, -0.2) is 23.0 Å². The number of para-hydroxylation sites is 1. The van der Waals surface area contributed by atoms with Gasteiger partial charge in [-0.2, -0.15) is 0 Å². The summed E-state index contributed by atoms with van der Waals surface area (Å²) in [4.78, 5) is 21.5. The highest BCUT2D eigenvalue weighted by Gasteiger charge is 2.17. The highest BCUT2D eigenvalue weighted by molar-refractivity contribution is 6.07. The lowest BCUT2D eigenvalue weighted by Crippen LogP contribution is -2.14. The molecule has 0 saturated heterocycles. The van der Waals surface area contributed by atoms with Crippen molar-refractivity contribution in [2.45, 2.75) is 6.92 Å². The van der Waals surface area contributed by atoms with Crippen molar-refractivity contribution in [3.8, 4) is 17.2 Å². The van der Waals surface area contributed by atoms with Crippen LogP contribution in [0.1, 0.15) is 15.9 Å². The first-order valence-electron chi connectivity index (χ1n) is 8.42. The molecule has 0 aliphatic carbocycles. The van der Waals surface area contributed by atoms with E-state index in [0.717, 1.165) is 11.1 Å². The van der Waals surface area contributed by atoms with E-state index < -0.39 is 0 Å². The third-order valence-corrected chi connectivity index (χ3v) is 4.17. The molecule has 1 N–H and O–H groups in total. The second-order valence-corrected chi connectivity index (χ2v) is 6.04. The summed E-state index contributed by atoms with van der Waals surface area (Å²) < 4.78 is 11.1. The molecule has 27 heavy (non-hydrogen) atoms. The van der Waals surface area contributed by atoms with Crippen LogP contribution in [0.4, 0.5) is 5.82 Å². The molecule has 2 aromatic heterocycles. The van der Waals surface area contributed by atoms with Gasteiger partial charge in [0.25, 0.3) is 5.91 Å². The predicted octanol–water partition coefficient (Wildman–Crippen LogP) is 4.46. The summed E-state index contributed by atoms with van der Waals surface area (Å²) in [5.74, 6) is 0.944. The number of benzene rings is 2. The van der Waals surface area contributed by atoms with E-state index in [4.69, 9.17) is 9.15 Å². The summed E-state index contributed by atoms with van der Waals surface area (Å²) in [5, 5.41) is 2.83. The van der Waals surface area contributed by atoms with Crippen molar-refractivity contribution >= 4 is 22.8 Å². The number of rotatable bonds is 4. The molecule has 2 aromatic carbocycles. The van der Waals surface area contributed by atoms with Crippen LogP contribution in [0.15, 0.2) is 65.2 Å². The Hall–Kier alpha value is -3.67. The van der Waals surface area contributed by atoms with Crippen LogP contribution in [0.3, 0.4) is 0 Å². The molecule has 2 heterocycles. The molecule has 4 rings (SSSR count). The summed E-state index contributed by atoms with van der Waals surface area (Å²) >= 11 is 0. The van der Waals surface area contributed by atoms with Crippen molar-refractivity contribution in [1.29, 1.82) is 0 Å². The standard InChI is InChI=1S/C21H17N3O3/c1-13-9-10-16-18(12-13)27-21(23-16)15-7-5-11-22-19(15)24-20(25)14-6-3-4-8-17(14)26-2/h3-12H,1-2H3,(H,22,24,25). The lowest BCUT2D eigenvalue weighted by Gasteiger charge is -2.10. The summed E-state index contributed by atoms with van der Waals surface area (Å²) in [6.07, 6.45) is 1.61. The maximum absolute atomic E-state index is 12.7. The molecule has 0 saturated carbocycles. The van der Waals surface area contributed by atoms with Gasteiger partial charge in [-0.05, 0) is 48.9 Å². The van der Waals surface area contributed by atoms with Gasteiger partial charge >= 0.3 is 0 Å². The number of nitrogens with one attached hydrogen (secondary N) is 1. The van der Waals surface area contributed by atoms with E-state index >= 15 is 0 Å². The number of aryl methyl sites for hydroxylation is 1. The minimum absolute atomic E-state index is 0.320. The summed E-state index contributed by atoms with van der Waals surface area (Å²) in [7, 11) is 1.53. The predicted molar refractivity (Wildman–Crippen MR) is 103 cm³/mol. The van der Waals surface area contributed by atoms with Crippen molar-refractivity contribution in [1.82, 2.24) is 9.97 Å². The molecule has 0 aliphatic rings. The third kappa shape index (κ3) is 3.25. The number of hydrogen-bond donors (Lipinski definition) is 1. The van der Waals surface area contributed by atoms with E-state index in [2.05, 4.69) is 15.3 Å². The second-order valence-electron chi connectivity index (χ2n) is 6.04.